The van der Waals surface area contributed by atoms with Crippen LogP contribution in [0.2, 0.25) is 5.15 Å². The minimum absolute atomic E-state index is 0.453. The van der Waals surface area contributed by atoms with E-state index in [0.717, 1.165) is 29.7 Å². The van der Waals surface area contributed by atoms with Crippen molar-refractivity contribution in [3.05, 3.63) is 46.9 Å². The second-order valence-corrected chi connectivity index (χ2v) is 5.15. The Morgan fingerprint density at radius 1 is 1.20 bits per heavy atom. The smallest absolute Gasteiger partial charge is 0.221 e. The van der Waals surface area contributed by atoms with Crippen molar-refractivity contribution in [2.75, 3.05) is 7.11 Å². The number of hydrogen-bond donors (Lipinski definition) is 0. The number of benzene rings is 1. The standard InChI is InChI=1S/C15H15ClN2O2/c1-19-12-6-2-10(3-7-12)8-20-15-13(11-4-5-11)14(16)17-9-18-15/h2-3,6-7,9,11H,4-5,8H2,1H3. The van der Waals surface area contributed by atoms with Crippen molar-refractivity contribution in [3.8, 4) is 11.6 Å². The zero-order chi connectivity index (χ0) is 13.9. The Morgan fingerprint density at radius 2 is 1.95 bits per heavy atom. The molecule has 5 heteroatoms. The third-order valence-corrected chi connectivity index (χ3v) is 3.62. The number of nitrogens with zero attached hydrogens (tertiary/aromatic N) is 2. The molecule has 0 unspecified atom stereocenters. The van der Waals surface area contributed by atoms with E-state index in [0.29, 0.717) is 23.6 Å². The lowest BCUT2D eigenvalue weighted by molar-refractivity contribution is 0.289. The highest BCUT2D eigenvalue weighted by molar-refractivity contribution is 6.30. The third-order valence-electron chi connectivity index (χ3n) is 3.32. The molecule has 1 heterocycles. The Kier molecular flexibility index (Phi) is 3.74. The van der Waals surface area contributed by atoms with Gasteiger partial charge in [-0.25, -0.2) is 9.97 Å². The third kappa shape index (κ3) is 2.85. The first-order valence-electron chi connectivity index (χ1n) is 6.54. The molecular weight excluding hydrogens is 276 g/mol. The average Bonchev–Trinajstić information content (AvgIpc) is 3.30. The van der Waals surface area contributed by atoms with Gasteiger partial charge in [-0.2, -0.15) is 0 Å². The zero-order valence-corrected chi connectivity index (χ0v) is 11.9. The monoisotopic (exact) mass is 290 g/mol. The molecular formula is C15H15ClN2O2. The highest BCUT2D eigenvalue weighted by Gasteiger charge is 2.30. The Hall–Kier alpha value is -1.81. The maximum Gasteiger partial charge on any atom is 0.221 e. The van der Waals surface area contributed by atoms with Gasteiger partial charge in [0, 0.05) is 0 Å². The van der Waals surface area contributed by atoms with Gasteiger partial charge in [-0.1, -0.05) is 23.7 Å². The van der Waals surface area contributed by atoms with E-state index in [-0.39, 0.29) is 0 Å². The van der Waals surface area contributed by atoms with Gasteiger partial charge < -0.3 is 9.47 Å². The summed E-state index contributed by atoms with van der Waals surface area (Å²) < 4.78 is 10.9. The molecule has 0 saturated heterocycles. The summed E-state index contributed by atoms with van der Waals surface area (Å²) >= 11 is 6.14. The molecule has 1 aromatic carbocycles. The van der Waals surface area contributed by atoms with Gasteiger partial charge in [0.1, 0.15) is 23.8 Å². The van der Waals surface area contributed by atoms with Crippen molar-refractivity contribution in [2.45, 2.75) is 25.4 Å². The summed E-state index contributed by atoms with van der Waals surface area (Å²) in [6, 6.07) is 7.76. The molecule has 20 heavy (non-hydrogen) atoms. The topological polar surface area (TPSA) is 44.2 Å². The summed E-state index contributed by atoms with van der Waals surface area (Å²) in [5.74, 6) is 1.88. The van der Waals surface area contributed by atoms with E-state index in [1.165, 1.54) is 6.33 Å². The lowest BCUT2D eigenvalue weighted by Crippen LogP contribution is -2.02. The number of hydrogen-bond acceptors (Lipinski definition) is 4. The molecule has 1 saturated carbocycles. The van der Waals surface area contributed by atoms with Crippen LogP contribution in [0.3, 0.4) is 0 Å². The van der Waals surface area contributed by atoms with Crippen LogP contribution in [0, 0.1) is 0 Å². The molecule has 2 aromatic rings. The fourth-order valence-electron chi connectivity index (χ4n) is 2.06. The van der Waals surface area contributed by atoms with Crippen LogP contribution in [0.1, 0.15) is 29.9 Å². The van der Waals surface area contributed by atoms with Crippen molar-refractivity contribution in [1.82, 2.24) is 9.97 Å². The summed E-state index contributed by atoms with van der Waals surface area (Å²) in [7, 11) is 1.65. The molecule has 1 aromatic heterocycles. The summed E-state index contributed by atoms with van der Waals surface area (Å²) in [5.41, 5.74) is 2.00. The molecule has 0 spiro atoms. The minimum atomic E-state index is 0.453. The molecule has 4 nitrogen and oxygen atoms in total. The molecule has 0 N–H and O–H groups in total. The van der Waals surface area contributed by atoms with Crippen molar-refractivity contribution >= 4 is 11.6 Å². The van der Waals surface area contributed by atoms with Gasteiger partial charge in [0.15, 0.2) is 0 Å². The first-order chi connectivity index (χ1) is 9.78. The van der Waals surface area contributed by atoms with E-state index in [4.69, 9.17) is 21.1 Å². The average molecular weight is 291 g/mol. The first kappa shape index (κ1) is 13.2. The van der Waals surface area contributed by atoms with E-state index in [1.54, 1.807) is 7.11 Å². The number of rotatable bonds is 5. The number of halogens is 1. The van der Waals surface area contributed by atoms with E-state index in [2.05, 4.69) is 9.97 Å². The van der Waals surface area contributed by atoms with Crippen LogP contribution in [0.4, 0.5) is 0 Å². The van der Waals surface area contributed by atoms with Gasteiger partial charge in [-0.3, -0.25) is 0 Å². The molecule has 1 aliphatic rings. The lowest BCUT2D eigenvalue weighted by Gasteiger charge is -2.10. The van der Waals surface area contributed by atoms with Gasteiger partial charge in [-0.05, 0) is 36.5 Å². The predicted molar refractivity (Wildman–Crippen MR) is 76.3 cm³/mol. The Balaban J connectivity index is 1.73. The van der Waals surface area contributed by atoms with Gasteiger partial charge in [0.25, 0.3) is 0 Å². The second-order valence-electron chi connectivity index (χ2n) is 4.79. The van der Waals surface area contributed by atoms with Gasteiger partial charge in [-0.15, -0.1) is 0 Å². The summed E-state index contributed by atoms with van der Waals surface area (Å²) in [6.07, 6.45) is 3.70. The molecule has 0 amide bonds. The van der Waals surface area contributed by atoms with Crippen LogP contribution in [0.25, 0.3) is 0 Å². The van der Waals surface area contributed by atoms with Crippen molar-refractivity contribution in [1.29, 1.82) is 0 Å². The fraction of sp³-hybridized carbons (Fsp3) is 0.333. The molecule has 0 bridgehead atoms. The van der Waals surface area contributed by atoms with Crippen molar-refractivity contribution in [2.24, 2.45) is 0 Å². The predicted octanol–water partition coefficient (Wildman–Crippen LogP) is 3.60. The lowest BCUT2D eigenvalue weighted by atomic mass is 10.2. The molecule has 1 aliphatic carbocycles. The summed E-state index contributed by atoms with van der Waals surface area (Å²) in [5, 5.41) is 0.507. The van der Waals surface area contributed by atoms with Crippen LogP contribution in [0.5, 0.6) is 11.6 Å². The van der Waals surface area contributed by atoms with Gasteiger partial charge in [0.05, 0.1) is 12.7 Å². The molecule has 0 aliphatic heterocycles. The van der Waals surface area contributed by atoms with Crippen LogP contribution >= 0.6 is 11.6 Å². The van der Waals surface area contributed by atoms with E-state index >= 15 is 0 Å². The maximum absolute atomic E-state index is 6.14. The van der Waals surface area contributed by atoms with Gasteiger partial charge >= 0.3 is 0 Å². The SMILES string of the molecule is COc1ccc(COc2ncnc(Cl)c2C2CC2)cc1. The quantitative estimate of drug-likeness (QED) is 0.789. The highest BCUT2D eigenvalue weighted by Crippen LogP contribution is 2.46. The zero-order valence-electron chi connectivity index (χ0n) is 11.2. The van der Waals surface area contributed by atoms with E-state index in [1.807, 2.05) is 24.3 Å². The molecule has 0 radical (unpaired) electrons. The van der Waals surface area contributed by atoms with Crippen molar-refractivity contribution < 1.29 is 9.47 Å². The number of methoxy groups -OCH3 is 1. The first-order valence-corrected chi connectivity index (χ1v) is 6.92. The highest BCUT2D eigenvalue weighted by atomic mass is 35.5. The Bertz CT molecular complexity index is 597. The van der Waals surface area contributed by atoms with Crippen LogP contribution < -0.4 is 9.47 Å². The fourth-order valence-corrected chi connectivity index (χ4v) is 2.34. The maximum atomic E-state index is 6.14. The van der Waals surface area contributed by atoms with Gasteiger partial charge in [0.2, 0.25) is 5.88 Å². The van der Waals surface area contributed by atoms with Crippen LogP contribution in [-0.2, 0) is 6.61 Å². The molecule has 0 atom stereocenters. The van der Waals surface area contributed by atoms with Crippen molar-refractivity contribution in [3.63, 3.8) is 0 Å². The van der Waals surface area contributed by atoms with Crippen LogP contribution in [0.15, 0.2) is 30.6 Å². The summed E-state index contributed by atoms with van der Waals surface area (Å²) in [4.78, 5) is 8.24. The molecule has 1 fully saturated rings. The Morgan fingerprint density at radius 3 is 2.60 bits per heavy atom. The summed E-state index contributed by atoms with van der Waals surface area (Å²) in [6.45, 7) is 0.455. The normalized spacial score (nSPS) is 14.1. The molecule has 104 valence electrons. The largest absolute Gasteiger partial charge is 0.497 e. The van der Waals surface area contributed by atoms with Crippen LogP contribution in [-0.4, -0.2) is 17.1 Å². The van der Waals surface area contributed by atoms with E-state index < -0.39 is 0 Å². The minimum Gasteiger partial charge on any atom is -0.497 e. The number of ether oxygens (including phenoxy) is 2. The Labute approximate surface area is 122 Å². The number of aromatic nitrogens is 2. The second kappa shape index (κ2) is 5.67. The van der Waals surface area contributed by atoms with E-state index in [9.17, 15) is 0 Å². The molecule has 3 rings (SSSR count).